The fourth-order valence-electron chi connectivity index (χ4n) is 1.67. The quantitative estimate of drug-likeness (QED) is 0.816. The highest BCUT2D eigenvalue weighted by Crippen LogP contribution is 2.15. The minimum Gasteiger partial charge on any atom is -0.351 e. The monoisotopic (exact) mass is 288 g/mol. The Labute approximate surface area is 121 Å². The van der Waals surface area contributed by atoms with Crippen LogP contribution in [0.5, 0.6) is 0 Å². The molecule has 0 saturated carbocycles. The molecule has 0 radical (unpaired) electrons. The Morgan fingerprint density at radius 1 is 1.55 bits per heavy atom. The average molecular weight is 288 g/mol. The Kier molecular flexibility index (Phi) is 4.93. The Hall–Kier alpha value is -2.10. The van der Waals surface area contributed by atoms with Crippen LogP contribution in [0.3, 0.4) is 0 Å². The minimum atomic E-state index is -0.0697. The molecule has 2 rings (SSSR count). The molecule has 20 heavy (non-hydrogen) atoms. The average Bonchev–Trinajstić information content (AvgIpc) is 3.05. The van der Waals surface area contributed by atoms with Crippen LogP contribution in [-0.2, 0) is 13.5 Å². The molecule has 0 saturated heterocycles. The molecule has 0 unspecified atom stereocenters. The van der Waals surface area contributed by atoms with Crippen LogP contribution in [-0.4, -0.2) is 28.8 Å². The standard InChI is InChI=1S/C14H16N4OS/c1-18-10-11(9-17-18)6-8-16-14(19)13-5-4-12(20-13)3-2-7-15/h4-5,9-10H,6-8,15H2,1H3,(H,16,19). The van der Waals surface area contributed by atoms with Crippen LogP contribution in [0, 0.1) is 11.8 Å². The first-order valence-corrected chi connectivity index (χ1v) is 7.05. The number of aromatic nitrogens is 2. The van der Waals surface area contributed by atoms with Crippen LogP contribution in [0.4, 0.5) is 0 Å². The summed E-state index contributed by atoms with van der Waals surface area (Å²) in [5.41, 5.74) is 6.42. The number of nitrogens with one attached hydrogen (secondary N) is 1. The van der Waals surface area contributed by atoms with Crippen LogP contribution < -0.4 is 11.1 Å². The first-order valence-electron chi connectivity index (χ1n) is 6.23. The molecular formula is C14H16N4OS. The summed E-state index contributed by atoms with van der Waals surface area (Å²) in [6, 6.07) is 3.62. The van der Waals surface area contributed by atoms with Crippen LogP contribution in [0.2, 0.25) is 0 Å². The number of carbonyl (C=O) groups excluding carboxylic acids is 1. The van der Waals surface area contributed by atoms with Gasteiger partial charge in [-0.15, -0.1) is 11.3 Å². The third kappa shape index (κ3) is 3.95. The molecule has 0 atom stereocenters. The molecule has 1 amide bonds. The van der Waals surface area contributed by atoms with Gasteiger partial charge in [0.1, 0.15) is 0 Å². The van der Waals surface area contributed by atoms with Crippen molar-refractivity contribution in [1.29, 1.82) is 0 Å². The largest absolute Gasteiger partial charge is 0.351 e. The zero-order valence-electron chi connectivity index (χ0n) is 11.2. The van der Waals surface area contributed by atoms with E-state index in [1.54, 1.807) is 16.9 Å². The number of thiophene rings is 1. The van der Waals surface area contributed by atoms with Gasteiger partial charge >= 0.3 is 0 Å². The molecule has 2 aromatic rings. The molecular weight excluding hydrogens is 272 g/mol. The second-order valence-corrected chi connectivity index (χ2v) is 5.28. The second-order valence-electron chi connectivity index (χ2n) is 4.20. The van der Waals surface area contributed by atoms with Crippen molar-refractivity contribution in [2.24, 2.45) is 12.8 Å². The molecule has 0 aliphatic rings. The third-order valence-electron chi connectivity index (χ3n) is 2.60. The number of aryl methyl sites for hydroxylation is 1. The molecule has 5 nitrogen and oxygen atoms in total. The van der Waals surface area contributed by atoms with Gasteiger partial charge in [-0.25, -0.2) is 0 Å². The van der Waals surface area contributed by atoms with Crippen LogP contribution in [0.25, 0.3) is 0 Å². The predicted molar refractivity (Wildman–Crippen MR) is 79.5 cm³/mol. The molecule has 0 aliphatic heterocycles. The Balaban J connectivity index is 1.84. The van der Waals surface area contributed by atoms with Gasteiger partial charge in [-0.2, -0.15) is 5.10 Å². The number of rotatable bonds is 4. The first kappa shape index (κ1) is 14.3. The van der Waals surface area contributed by atoms with Crippen LogP contribution >= 0.6 is 11.3 Å². The van der Waals surface area contributed by atoms with Crippen molar-refractivity contribution in [3.05, 3.63) is 39.8 Å². The number of hydrogen-bond donors (Lipinski definition) is 2. The van der Waals surface area contributed by atoms with Crippen molar-refractivity contribution in [3.8, 4) is 11.8 Å². The highest BCUT2D eigenvalue weighted by atomic mass is 32.1. The molecule has 0 spiro atoms. The van der Waals surface area contributed by atoms with Crippen molar-refractivity contribution in [2.45, 2.75) is 6.42 Å². The molecule has 0 aliphatic carbocycles. The molecule has 0 bridgehead atoms. The highest BCUT2D eigenvalue weighted by Gasteiger charge is 2.08. The van der Waals surface area contributed by atoms with E-state index in [2.05, 4.69) is 22.3 Å². The fourth-order valence-corrected chi connectivity index (χ4v) is 2.47. The van der Waals surface area contributed by atoms with E-state index in [4.69, 9.17) is 5.73 Å². The van der Waals surface area contributed by atoms with E-state index >= 15 is 0 Å². The zero-order chi connectivity index (χ0) is 14.4. The molecule has 0 aromatic carbocycles. The lowest BCUT2D eigenvalue weighted by molar-refractivity contribution is 0.0958. The normalized spacial score (nSPS) is 9.90. The van der Waals surface area contributed by atoms with E-state index in [9.17, 15) is 4.79 Å². The highest BCUT2D eigenvalue weighted by molar-refractivity contribution is 7.14. The van der Waals surface area contributed by atoms with Crippen molar-refractivity contribution < 1.29 is 4.79 Å². The molecule has 0 fully saturated rings. The maximum absolute atomic E-state index is 11.9. The van der Waals surface area contributed by atoms with Crippen LogP contribution in [0.15, 0.2) is 24.5 Å². The molecule has 104 valence electrons. The summed E-state index contributed by atoms with van der Waals surface area (Å²) >= 11 is 1.37. The van der Waals surface area contributed by atoms with Gasteiger partial charge < -0.3 is 11.1 Å². The Bertz CT molecular complexity index is 647. The van der Waals surface area contributed by atoms with Crippen molar-refractivity contribution >= 4 is 17.2 Å². The van der Waals surface area contributed by atoms with E-state index in [0.717, 1.165) is 16.9 Å². The summed E-state index contributed by atoms with van der Waals surface area (Å²) in [6.07, 6.45) is 4.51. The van der Waals surface area contributed by atoms with Gasteiger partial charge in [0.25, 0.3) is 5.91 Å². The van der Waals surface area contributed by atoms with Crippen molar-refractivity contribution in [3.63, 3.8) is 0 Å². The van der Waals surface area contributed by atoms with E-state index in [1.165, 1.54) is 11.3 Å². The molecule has 3 N–H and O–H groups in total. The van der Waals surface area contributed by atoms with E-state index in [1.807, 2.05) is 19.3 Å². The van der Waals surface area contributed by atoms with Gasteiger partial charge in [-0.3, -0.25) is 9.48 Å². The zero-order valence-corrected chi connectivity index (χ0v) is 12.0. The summed E-state index contributed by atoms with van der Waals surface area (Å²) in [7, 11) is 1.87. The summed E-state index contributed by atoms with van der Waals surface area (Å²) in [6.45, 7) is 0.913. The van der Waals surface area contributed by atoms with E-state index in [0.29, 0.717) is 18.0 Å². The maximum atomic E-state index is 11.9. The van der Waals surface area contributed by atoms with Gasteiger partial charge in [0.2, 0.25) is 0 Å². The minimum absolute atomic E-state index is 0.0697. The fraction of sp³-hybridized carbons (Fsp3) is 0.286. The van der Waals surface area contributed by atoms with Gasteiger partial charge in [-0.1, -0.05) is 11.8 Å². The third-order valence-corrected chi connectivity index (χ3v) is 3.60. The van der Waals surface area contributed by atoms with Crippen molar-refractivity contribution in [1.82, 2.24) is 15.1 Å². The Morgan fingerprint density at radius 2 is 2.40 bits per heavy atom. The predicted octanol–water partition coefficient (Wildman–Crippen LogP) is 0.764. The van der Waals surface area contributed by atoms with Crippen LogP contribution in [0.1, 0.15) is 20.1 Å². The molecule has 2 heterocycles. The van der Waals surface area contributed by atoms with E-state index in [-0.39, 0.29) is 5.91 Å². The van der Waals surface area contributed by atoms with E-state index < -0.39 is 0 Å². The second kappa shape index (κ2) is 6.89. The number of hydrogen-bond acceptors (Lipinski definition) is 4. The molecule has 2 aromatic heterocycles. The van der Waals surface area contributed by atoms with Gasteiger partial charge in [0.05, 0.1) is 22.5 Å². The van der Waals surface area contributed by atoms with Gasteiger partial charge in [0.15, 0.2) is 0 Å². The number of nitrogens with two attached hydrogens (primary N) is 1. The Morgan fingerprint density at radius 3 is 3.10 bits per heavy atom. The molecule has 6 heteroatoms. The summed E-state index contributed by atoms with van der Waals surface area (Å²) < 4.78 is 1.75. The smallest absolute Gasteiger partial charge is 0.261 e. The SMILES string of the molecule is Cn1cc(CCNC(=O)c2ccc(C#CCN)s2)cn1. The first-order chi connectivity index (χ1) is 9.69. The summed E-state index contributed by atoms with van der Waals surface area (Å²) in [4.78, 5) is 13.5. The van der Waals surface area contributed by atoms with Gasteiger partial charge in [0, 0.05) is 19.8 Å². The van der Waals surface area contributed by atoms with Gasteiger partial charge in [-0.05, 0) is 24.1 Å². The number of amides is 1. The lowest BCUT2D eigenvalue weighted by atomic mass is 10.2. The number of carbonyl (C=O) groups is 1. The van der Waals surface area contributed by atoms with Crippen molar-refractivity contribution in [2.75, 3.05) is 13.1 Å². The summed E-state index contributed by atoms with van der Waals surface area (Å²) in [5.74, 6) is 5.62. The lowest BCUT2D eigenvalue weighted by Gasteiger charge is -2.01. The maximum Gasteiger partial charge on any atom is 0.261 e. The topological polar surface area (TPSA) is 72.9 Å². The number of nitrogens with zero attached hydrogens (tertiary/aromatic N) is 2. The summed E-state index contributed by atoms with van der Waals surface area (Å²) in [5, 5.41) is 6.97. The lowest BCUT2D eigenvalue weighted by Crippen LogP contribution is -2.24.